The topological polar surface area (TPSA) is 12.5 Å². The molecule has 0 aliphatic heterocycles. The Hall–Kier alpha value is -0.730. The van der Waals surface area contributed by atoms with Crippen LogP contribution in [0, 0.1) is 6.92 Å². The van der Waals surface area contributed by atoms with Gasteiger partial charge in [0, 0.05) is 6.54 Å². The van der Waals surface area contributed by atoms with Crippen molar-refractivity contribution in [1.82, 2.24) is 4.90 Å². The fraction of sp³-hybridized carbons (Fsp3) is 0.667. The zero-order valence-electron chi connectivity index (χ0n) is 14.5. The zero-order chi connectivity index (χ0) is 15.2. The molecule has 0 aliphatic carbocycles. The summed E-state index contributed by atoms with van der Waals surface area (Å²) in [5, 5.41) is 0. The van der Waals surface area contributed by atoms with Gasteiger partial charge >= 0.3 is 0 Å². The summed E-state index contributed by atoms with van der Waals surface area (Å²) in [6.45, 7) is 17.4. The van der Waals surface area contributed by atoms with Gasteiger partial charge in [0.05, 0.1) is 6.61 Å². The Balaban J connectivity index is 0.00000400. The van der Waals surface area contributed by atoms with Gasteiger partial charge in [0.25, 0.3) is 0 Å². The Kier molecular flexibility index (Phi) is 9.00. The molecule has 21 heavy (non-hydrogen) atoms. The highest BCUT2D eigenvalue weighted by atomic mass is 35.5. The highest BCUT2D eigenvalue weighted by molar-refractivity contribution is 5.85. The number of rotatable bonds is 7. The first kappa shape index (κ1) is 20.3. The van der Waals surface area contributed by atoms with Crippen LogP contribution in [0.15, 0.2) is 18.2 Å². The standard InChI is InChI=1S/C18H31NO.ClH/c1-7-19(8-2)12-9-13-20-17-11-10-15(3)14-16(17)18(4,5)6;/h10-11,14H,7-9,12-13H2,1-6H3;1H. The molecular formula is C18H32ClNO. The molecule has 0 saturated carbocycles. The number of halogens is 1. The number of hydrogen-bond acceptors (Lipinski definition) is 2. The van der Waals surface area contributed by atoms with Crippen LogP contribution in [-0.4, -0.2) is 31.1 Å². The van der Waals surface area contributed by atoms with E-state index in [4.69, 9.17) is 4.74 Å². The lowest BCUT2D eigenvalue weighted by Crippen LogP contribution is -2.25. The Labute approximate surface area is 137 Å². The number of benzene rings is 1. The minimum Gasteiger partial charge on any atom is -0.493 e. The molecule has 0 amide bonds. The van der Waals surface area contributed by atoms with Crippen LogP contribution in [0.4, 0.5) is 0 Å². The van der Waals surface area contributed by atoms with E-state index >= 15 is 0 Å². The maximum Gasteiger partial charge on any atom is 0.123 e. The summed E-state index contributed by atoms with van der Waals surface area (Å²) < 4.78 is 6.03. The van der Waals surface area contributed by atoms with Crippen molar-refractivity contribution in [3.8, 4) is 5.75 Å². The van der Waals surface area contributed by atoms with Crippen molar-refractivity contribution in [3.05, 3.63) is 29.3 Å². The normalized spacial score (nSPS) is 11.4. The van der Waals surface area contributed by atoms with Crippen LogP contribution in [0.2, 0.25) is 0 Å². The highest BCUT2D eigenvalue weighted by Crippen LogP contribution is 2.32. The van der Waals surface area contributed by atoms with E-state index in [1.54, 1.807) is 0 Å². The first-order valence-electron chi connectivity index (χ1n) is 7.84. The molecule has 0 aliphatic rings. The van der Waals surface area contributed by atoms with E-state index in [9.17, 15) is 0 Å². The number of aryl methyl sites for hydroxylation is 1. The summed E-state index contributed by atoms with van der Waals surface area (Å²) in [6, 6.07) is 6.50. The van der Waals surface area contributed by atoms with Gasteiger partial charge in [0.15, 0.2) is 0 Å². The molecule has 1 rings (SSSR count). The molecule has 1 aromatic carbocycles. The molecule has 0 fully saturated rings. The lowest BCUT2D eigenvalue weighted by Gasteiger charge is -2.24. The molecule has 0 atom stereocenters. The van der Waals surface area contributed by atoms with Crippen molar-refractivity contribution in [1.29, 1.82) is 0 Å². The third-order valence-electron chi connectivity index (χ3n) is 3.71. The molecule has 0 aromatic heterocycles. The van der Waals surface area contributed by atoms with Crippen LogP contribution in [0.1, 0.15) is 52.2 Å². The van der Waals surface area contributed by atoms with Gasteiger partial charge in [0.2, 0.25) is 0 Å². The zero-order valence-corrected chi connectivity index (χ0v) is 15.3. The third kappa shape index (κ3) is 6.71. The molecule has 0 saturated heterocycles. The minimum atomic E-state index is 0. The number of nitrogens with zero attached hydrogens (tertiary/aromatic N) is 1. The van der Waals surface area contributed by atoms with Gasteiger partial charge in [-0.1, -0.05) is 52.3 Å². The Morgan fingerprint density at radius 3 is 2.24 bits per heavy atom. The van der Waals surface area contributed by atoms with Crippen molar-refractivity contribution in [2.45, 2.75) is 53.4 Å². The van der Waals surface area contributed by atoms with Crippen LogP contribution in [-0.2, 0) is 5.41 Å². The summed E-state index contributed by atoms with van der Waals surface area (Å²) in [7, 11) is 0. The molecule has 0 N–H and O–H groups in total. The van der Waals surface area contributed by atoms with Crippen LogP contribution < -0.4 is 4.74 Å². The van der Waals surface area contributed by atoms with E-state index in [1.165, 1.54) is 11.1 Å². The summed E-state index contributed by atoms with van der Waals surface area (Å²) in [5.74, 6) is 1.04. The Morgan fingerprint density at radius 1 is 1.10 bits per heavy atom. The van der Waals surface area contributed by atoms with Crippen molar-refractivity contribution in [3.63, 3.8) is 0 Å². The highest BCUT2D eigenvalue weighted by Gasteiger charge is 2.19. The molecule has 0 bridgehead atoms. The predicted octanol–water partition coefficient (Wildman–Crippen LogP) is 4.83. The van der Waals surface area contributed by atoms with Gasteiger partial charge in [-0.15, -0.1) is 12.4 Å². The summed E-state index contributed by atoms with van der Waals surface area (Å²) in [6.07, 6.45) is 1.08. The quantitative estimate of drug-likeness (QED) is 0.669. The molecular weight excluding hydrogens is 282 g/mol. The fourth-order valence-electron chi connectivity index (χ4n) is 2.37. The largest absolute Gasteiger partial charge is 0.493 e. The summed E-state index contributed by atoms with van der Waals surface area (Å²) in [4.78, 5) is 2.43. The monoisotopic (exact) mass is 313 g/mol. The lowest BCUT2D eigenvalue weighted by atomic mass is 9.85. The van der Waals surface area contributed by atoms with E-state index in [-0.39, 0.29) is 17.8 Å². The minimum absolute atomic E-state index is 0. The van der Waals surface area contributed by atoms with E-state index in [0.717, 1.165) is 38.4 Å². The third-order valence-corrected chi connectivity index (χ3v) is 3.71. The first-order chi connectivity index (χ1) is 9.38. The van der Waals surface area contributed by atoms with E-state index in [2.05, 4.69) is 64.6 Å². The molecule has 2 nitrogen and oxygen atoms in total. The average molecular weight is 314 g/mol. The molecule has 0 unspecified atom stereocenters. The van der Waals surface area contributed by atoms with Crippen LogP contribution in [0.25, 0.3) is 0 Å². The second-order valence-corrected chi connectivity index (χ2v) is 6.48. The van der Waals surface area contributed by atoms with Crippen molar-refractivity contribution in [2.24, 2.45) is 0 Å². The molecule has 1 aromatic rings. The van der Waals surface area contributed by atoms with E-state index in [0.29, 0.717) is 0 Å². The van der Waals surface area contributed by atoms with Gasteiger partial charge in [-0.2, -0.15) is 0 Å². The van der Waals surface area contributed by atoms with Gasteiger partial charge in [-0.05, 0) is 43.5 Å². The van der Waals surface area contributed by atoms with Crippen LogP contribution in [0.3, 0.4) is 0 Å². The maximum atomic E-state index is 6.03. The molecule has 0 spiro atoms. The first-order valence-corrected chi connectivity index (χ1v) is 7.84. The maximum absolute atomic E-state index is 6.03. The van der Waals surface area contributed by atoms with Crippen molar-refractivity contribution < 1.29 is 4.74 Å². The summed E-state index contributed by atoms with van der Waals surface area (Å²) in [5.41, 5.74) is 2.73. The molecule has 122 valence electrons. The average Bonchev–Trinajstić information content (AvgIpc) is 2.39. The van der Waals surface area contributed by atoms with Crippen LogP contribution in [0.5, 0.6) is 5.75 Å². The molecule has 0 radical (unpaired) electrons. The number of hydrogen-bond donors (Lipinski definition) is 0. The summed E-state index contributed by atoms with van der Waals surface area (Å²) >= 11 is 0. The smallest absolute Gasteiger partial charge is 0.123 e. The van der Waals surface area contributed by atoms with Gasteiger partial charge in [-0.3, -0.25) is 0 Å². The second-order valence-electron chi connectivity index (χ2n) is 6.48. The van der Waals surface area contributed by atoms with Gasteiger partial charge in [-0.25, -0.2) is 0 Å². The lowest BCUT2D eigenvalue weighted by molar-refractivity contribution is 0.246. The fourth-order valence-corrected chi connectivity index (χ4v) is 2.37. The van der Waals surface area contributed by atoms with Gasteiger partial charge in [0.1, 0.15) is 5.75 Å². The number of ether oxygens (including phenoxy) is 1. The SMILES string of the molecule is CCN(CC)CCCOc1ccc(C)cc1C(C)(C)C.Cl. The van der Waals surface area contributed by atoms with E-state index < -0.39 is 0 Å². The molecule has 0 heterocycles. The van der Waals surface area contributed by atoms with Crippen molar-refractivity contribution >= 4 is 12.4 Å². The van der Waals surface area contributed by atoms with E-state index in [1.807, 2.05) is 0 Å². The Bertz CT molecular complexity index is 408. The van der Waals surface area contributed by atoms with Crippen molar-refractivity contribution in [2.75, 3.05) is 26.2 Å². The second kappa shape index (κ2) is 9.32. The predicted molar refractivity (Wildman–Crippen MR) is 95.0 cm³/mol. The van der Waals surface area contributed by atoms with Gasteiger partial charge < -0.3 is 9.64 Å². The van der Waals surface area contributed by atoms with Crippen LogP contribution >= 0.6 is 12.4 Å². The molecule has 3 heteroatoms. The Morgan fingerprint density at radius 2 is 1.71 bits per heavy atom.